The molecule has 0 aliphatic heterocycles. The molecule has 0 nitrogen and oxygen atoms in total. The molecule has 1 aromatic rings. The fourth-order valence-corrected chi connectivity index (χ4v) is 3.57. The molecule has 2 aliphatic rings. The molecule has 96 valence electrons. The van der Waals surface area contributed by atoms with E-state index < -0.39 is 0 Å². The first-order valence-electron chi connectivity index (χ1n) is 7.03. The van der Waals surface area contributed by atoms with Gasteiger partial charge in [0.05, 0.1) is 0 Å². The Morgan fingerprint density at radius 1 is 1.32 bits per heavy atom. The van der Waals surface area contributed by atoms with E-state index >= 15 is 0 Å². The van der Waals surface area contributed by atoms with E-state index in [0.29, 0.717) is 5.92 Å². The minimum Gasteiger partial charge on any atom is -0.0991 e. The maximum atomic E-state index is 3.90. The van der Waals surface area contributed by atoms with Crippen LogP contribution in [0.4, 0.5) is 0 Å². The number of aryl methyl sites for hydroxylation is 1. The molecule has 0 aromatic heterocycles. The summed E-state index contributed by atoms with van der Waals surface area (Å²) in [6.07, 6.45) is 14.2. The van der Waals surface area contributed by atoms with E-state index in [1.165, 1.54) is 22.3 Å². The summed E-state index contributed by atoms with van der Waals surface area (Å²) in [6.45, 7) is 8.48. The van der Waals surface area contributed by atoms with Gasteiger partial charge in [0.1, 0.15) is 0 Å². The molecule has 0 amide bonds. The molecular weight excluding hydrogens is 228 g/mol. The third-order valence-electron chi connectivity index (χ3n) is 4.54. The van der Waals surface area contributed by atoms with Gasteiger partial charge in [-0.2, -0.15) is 0 Å². The van der Waals surface area contributed by atoms with Crippen molar-refractivity contribution in [1.82, 2.24) is 0 Å². The molecule has 0 saturated carbocycles. The molecule has 2 aliphatic carbocycles. The van der Waals surface area contributed by atoms with E-state index in [1.807, 2.05) is 6.08 Å². The highest BCUT2D eigenvalue weighted by Gasteiger charge is 2.44. The highest BCUT2D eigenvalue weighted by Crippen LogP contribution is 2.58. The molecule has 0 heteroatoms. The van der Waals surface area contributed by atoms with Crippen molar-refractivity contribution in [2.24, 2.45) is 5.41 Å². The second kappa shape index (κ2) is 4.38. The zero-order valence-electron chi connectivity index (χ0n) is 11.7. The molecule has 3 rings (SSSR count). The third-order valence-corrected chi connectivity index (χ3v) is 4.54. The van der Waals surface area contributed by atoms with Crippen LogP contribution in [-0.4, -0.2) is 0 Å². The van der Waals surface area contributed by atoms with Crippen molar-refractivity contribution in [3.8, 4) is 0 Å². The molecular formula is C19H20. The van der Waals surface area contributed by atoms with Crippen LogP contribution in [0, 0.1) is 5.41 Å². The predicted molar refractivity (Wildman–Crippen MR) is 83.1 cm³/mol. The van der Waals surface area contributed by atoms with E-state index in [1.54, 1.807) is 0 Å². The fourth-order valence-electron chi connectivity index (χ4n) is 3.57. The van der Waals surface area contributed by atoms with Gasteiger partial charge in [-0.15, -0.1) is 0 Å². The van der Waals surface area contributed by atoms with Crippen molar-refractivity contribution >= 4 is 5.57 Å². The normalized spacial score (nSPS) is 29.4. The average Bonchev–Trinajstić information content (AvgIpc) is 2.69. The quantitative estimate of drug-likeness (QED) is 0.687. The first kappa shape index (κ1) is 12.2. The smallest absolute Gasteiger partial charge is 0.0216 e. The molecule has 2 atom stereocenters. The molecule has 2 unspecified atom stereocenters. The standard InChI is InChI=1S/C19H20/c1-4-9-17-18-14(5-2)10-8-11-15(18)16-12-6-7-13-19(16,17)3/h4,6-13,16H,1,5H2,2-3H3/b17-9+. The largest absolute Gasteiger partial charge is 0.0991 e. The molecule has 1 aromatic carbocycles. The Morgan fingerprint density at radius 3 is 2.89 bits per heavy atom. The van der Waals surface area contributed by atoms with Crippen molar-refractivity contribution in [2.45, 2.75) is 26.2 Å². The summed E-state index contributed by atoms with van der Waals surface area (Å²) in [6, 6.07) is 6.73. The lowest BCUT2D eigenvalue weighted by Crippen LogP contribution is -2.18. The van der Waals surface area contributed by atoms with Gasteiger partial charge < -0.3 is 0 Å². The lowest BCUT2D eigenvalue weighted by atomic mass is 9.72. The number of fused-ring (bicyclic) bond motifs is 3. The number of hydrogen-bond donors (Lipinski definition) is 0. The lowest BCUT2D eigenvalue weighted by Gasteiger charge is -2.30. The predicted octanol–water partition coefficient (Wildman–Crippen LogP) is 5.05. The van der Waals surface area contributed by atoms with Gasteiger partial charge in [-0.05, 0) is 28.7 Å². The maximum absolute atomic E-state index is 3.90. The van der Waals surface area contributed by atoms with Crippen LogP contribution in [0.2, 0.25) is 0 Å². The average molecular weight is 248 g/mol. The lowest BCUT2D eigenvalue weighted by molar-refractivity contribution is 0.527. The van der Waals surface area contributed by atoms with Crippen molar-refractivity contribution in [1.29, 1.82) is 0 Å². The summed E-state index contributed by atoms with van der Waals surface area (Å²) in [4.78, 5) is 0. The van der Waals surface area contributed by atoms with Gasteiger partial charge in [0, 0.05) is 11.3 Å². The summed E-state index contributed by atoms with van der Waals surface area (Å²) < 4.78 is 0. The van der Waals surface area contributed by atoms with Gasteiger partial charge >= 0.3 is 0 Å². The Bertz CT molecular complexity index is 613. The first-order valence-corrected chi connectivity index (χ1v) is 7.03. The Morgan fingerprint density at radius 2 is 2.16 bits per heavy atom. The zero-order chi connectivity index (χ0) is 13.5. The summed E-state index contributed by atoms with van der Waals surface area (Å²) in [5, 5.41) is 0. The van der Waals surface area contributed by atoms with Crippen molar-refractivity contribution < 1.29 is 0 Å². The highest BCUT2D eigenvalue weighted by atomic mass is 14.5. The van der Waals surface area contributed by atoms with Crippen LogP contribution >= 0.6 is 0 Å². The molecule has 0 fully saturated rings. The van der Waals surface area contributed by atoms with Crippen LogP contribution in [0.5, 0.6) is 0 Å². The van der Waals surface area contributed by atoms with Gasteiger partial charge in [-0.1, -0.05) is 75.1 Å². The van der Waals surface area contributed by atoms with E-state index in [9.17, 15) is 0 Å². The van der Waals surface area contributed by atoms with Crippen LogP contribution in [0.25, 0.3) is 5.57 Å². The number of rotatable bonds is 2. The summed E-state index contributed by atoms with van der Waals surface area (Å²) >= 11 is 0. The zero-order valence-corrected chi connectivity index (χ0v) is 11.7. The van der Waals surface area contributed by atoms with Crippen LogP contribution in [0.3, 0.4) is 0 Å². The Labute approximate surface area is 115 Å². The molecule has 0 spiro atoms. The molecule has 0 bridgehead atoms. The van der Waals surface area contributed by atoms with Crippen LogP contribution in [0.1, 0.15) is 36.5 Å². The SMILES string of the molecule is C=C/C=C1\c2c(CC)cccc2C2C=CC=CC12C. The van der Waals surface area contributed by atoms with E-state index in [0.717, 1.165) is 6.42 Å². The number of benzene rings is 1. The highest BCUT2D eigenvalue weighted by molar-refractivity contribution is 5.84. The van der Waals surface area contributed by atoms with Crippen molar-refractivity contribution in [2.75, 3.05) is 0 Å². The number of allylic oxidation sites excluding steroid dienone is 7. The van der Waals surface area contributed by atoms with Gasteiger partial charge in [0.2, 0.25) is 0 Å². The molecule has 0 radical (unpaired) electrons. The van der Waals surface area contributed by atoms with E-state index in [-0.39, 0.29) is 5.41 Å². The Hall–Kier alpha value is -1.82. The second-order valence-corrected chi connectivity index (χ2v) is 5.56. The number of hydrogen-bond acceptors (Lipinski definition) is 0. The Kier molecular flexibility index (Phi) is 2.82. The third kappa shape index (κ3) is 1.59. The molecule has 19 heavy (non-hydrogen) atoms. The minimum absolute atomic E-state index is 0.0799. The van der Waals surface area contributed by atoms with E-state index in [4.69, 9.17) is 0 Å². The molecule has 0 heterocycles. The van der Waals surface area contributed by atoms with Gasteiger partial charge in [0.25, 0.3) is 0 Å². The van der Waals surface area contributed by atoms with Gasteiger partial charge in [-0.3, -0.25) is 0 Å². The fraction of sp³-hybridized carbons (Fsp3) is 0.263. The topological polar surface area (TPSA) is 0 Å². The van der Waals surface area contributed by atoms with Crippen LogP contribution < -0.4 is 0 Å². The van der Waals surface area contributed by atoms with Crippen molar-refractivity contribution in [3.05, 3.63) is 77.9 Å². The maximum Gasteiger partial charge on any atom is 0.0216 e. The second-order valence-electron chi connectivity index (χ2n) is 5.56. The van der Waals surface area contributed by atoms with Crippen LogP contribution in [-0.2, 0) is 6.42 Å². The van der Waals surface area contributed by atoms with Crippen molar-refractivity contribution in [3.63, 3.8) is 0 Å². The molecule has 0 saturated heterocycles. The Balaban J connectivity index is 2.32. The first-order chi connectivity index (χ1) is 9.22. The van der Waals surface area contributed by atoms with Crippen LogP contribution in [0.15, 0.2) is 61.2 Å². The van der Waals surface area contributed by atoms with Gasteiger partial charge in [0.15, 0.2) is 0 Å². The minimum atomic E-state index is 0.0799. The summed E-state index contributed by atoms with van der Waals surface area (Å²) in [5.74, 6) is 0.463. The summed E-state index contributed by atoms with van der Waals surface area (Å²) in [5.41, 5.74) is 5.86. The van der Waals surface area contributed by atoms with Gasteiger partial charge in [-0.25, -0.2) is 0 Å². The monoisotopic (exact) mass is 248 g/mol. The van der Waals surface area contributed by atoms with E-state index in [2.05, 4.69) is 69.0 Å². The summed E-state index contributed by atoms with van der Waals surface area (Å²) in [7, 11) is 0. The molecule has 0 N–H and O–H groups in total.